The van der Waals surface area contributed by atoms with Gasteiger partial charge in [-0.15, -0.1) is 6.58 Å². The highest BCUT2D eigenvalue weighted by Crippen LogP contribution is 2.14. The van der Waals surface area contributed by atoms with Gasteiger partial charge in [0.15, 0.2) is 0 Å². The van der Waals surface area contributed by atoms with Crippen LogP contribution in [0.2, 0.25) is 0 Å². The third-order valence-electron chi connectivity index (χ3n) is 2.98. The van der Waals surface area contributed by atoms with Crippen LogP contribution >= 0.6 is 0 Å². The van der Waals surface area contributed by atoms with Gasteiger partial charge in [0.2, 0.25) is 0 Å². The number of nitrogens with two attached hydrogens (primary N) is 1. The molecule has 0 aromatic rings. The van der Waals surface area contributed by atoms with Gasteiger partial charge in [-0.25, -0.2) is 4.79 Å². The molecule has 0 spiro atoms. The van der Waals surface area contributed by atoms with Crippen molar-refractivity contribution in [2.75, 3.05) is 13.2 Å². The normalized spacial score (nSPS) is 13.3. The summed E-state index contributed by atoms with van der Waals surface area (Å²) < 4.78 is 10.1. The predicted molar refractivity (Wildman–Crippen MR) is 78.1 cm³/mol. The van der Waals surface area contributed by atoms with E-state index in [9.17, 15) is 9.59 Å². The predicted octanol–water partition coefficient (Wildman–Crippen LogP) is 2.34. The summed E-state index contributed by atoms with van der Waals surface area (Å²) in [6.07, 6.45) is 5.08. The largest absolute Gasteiger partial charge is 0.466 e. The average Bonchev–Trinajstić information content (AvgIpc) is 2.45. The molecular formula is C15H27NO4. The Hall–Kier alpha value is -1.36. The van der Waals surface area contributed by atoms with Crippen molar-refractivity contribution in [3.05, 3.63) is 12.7 Å². The molecular weight excluding hydrogens is 258 g/mol. The molecule has 0 amide bonds. The summed E-state index contributed by atoms with van der Waals surface area (Å²) in [5.74, 6) is -0.890. The fourth-order valence-corrected chi connectivity index (χ4v) is 1.44. The number of carbonyl (C=O) groups is 2. The monoisotopic (exact) mass is 285 g/mol. The first kappa shape index (κ1) is 18.6. The quantitative estimate of drug-likeness (QED) is 0.358. The van der Waals surface area contributed by atoms with Gasteiger partial charge in [0.25, 0.3) is 0 Å². The van der Waals surface area contributed by atoms with Crippen LogP contribution in [-0.4, -0.2) is 30.7 Å². The Kier molecular flexibility index (Phi) is 9.72. The van der Waals surface area contributed by atoms with Crippen molar-refractivity contribution >= 4 is 11.9 Å². The van der Waals surface area contributed by atoms with E-state index in [-0.39, 0.29) is 18.8 Å². The summed E-state index contributed by atoms with van der Waals surface area (Å²) in [7, 11) is 0. The van der Waals surface area contributed by atoms with Crippen LogP contribution in [0.15, 0.2) is 12.7 Å². The summed E-state index contributed by atoms with van der Waals surface area (Å²) >= 11 is 0. The fraction of sp³-hybridized carbons (Fsp3) is 0.733. The number of unbranched alkanes of at least 4 members (excludes halogenated alkanes) is 2. The highest BCUT2D eigenvalue weighted by molar-refractivity contribution is 5.84. The molecule has 5 nitrogen and oxygen atoms in total. The highest BCUT2D eigenvalue weighted by atomic mass is 16.5. The molecule has 0 aromatic carbocycles. The molecule has 0 aliphatic carbocycles. The van der Waals surface area contributed by atoms with Crippen molar-refractivity contribution in [2.24, 2.45) is 5.73 Å². The molecule has 1 unspecified atom stereocenters. The number of carbonyl (C=O) groups excluding carboxylic acids is 2. The van der Waals surface area contributed by atoms with Gasteiger partial charge in [0.1, 0.15) is 5.54 Å². The second-order valence-corrected chi connectivity index (χ2v) is 4.81. The van der Waals surface area contributed by atoms with Gasteiger partial charge < -0.3 is 15.2 Å². The standard InChI is InChI=1S/C15H27NO4/c1-4-7-11-19-13(17)9-10-15(16,6-3)14(18)20-12-8-5-2/h6H,3-5,7-12,16H2,1-2H3. The number of hydrogen-bond donors (Lipinski definition) is 1. The van der Waals surface area contributed by atoms with Crippen molar-refractivity contribution in [2.45, 2.75) is 57.9 Å². The molecule has 0 aromatic heterocycles. The van der Waals surface area contributed by atoms with E-state index in [1.165, 1.54) is 6.08 Å². The minimum Gasteiger partial charge on any atom is -0.466 e. The summed E-state index contributed by atoms with van der Waals surface area (Å²) in [4.78, 5) is 23.4. The molecule has 116 valence electrons. The van der Waals surface area contributed by atoms with E-state index in [0.29, 0.717) is 13.2 Å². The second kappa shape index (κ2) is 10.4. The first-order valence-electron chi connectivity index (χ1n) is 7.25. The lowest BCUT2D eigenvalue weighted by Gasteiger charge is -2.23. The summed E-state index contributed by atoms with van der Waals surface area (Å²) in [5.41, 5.74) is 4.60. The van der Waals surface area contributed by atoms with Crippen molar-refractivity contribution in [3.8, 4) is 0 Å². The summed E-state index contributed by atoms with van der Waals surface area (Å²) in [6, 6.07) is 0. The molecule has 0 saturated carbocycles. The van der Waals surface area contributed by atoms with Crippen LogP contribution in [0.25, 0.3) is 0 Å². The Morgan fingerprint density at radius 1 is 1.15 bits per heavy atom. The Morgan fingerprint density at radius 2 is 1.70 bits per heavy atom. The molecule has 1 atom stereocenters. The lowest BCUT2D eigenvalue weighted by Crippen LogP contribution is -2.47. The molecule has 0 aliphatic rings. The van der Waals surface area contributed by atoms with Crippen LogP contribution in [0, 0.1) is 0 Å². The zero-order valence-electron chi connectivity index (χ0n) is 12.7. The van der Waals surface area contributed by atoms with Crippen molar-refractivity contribution in [3.63, 3.8) is 0 Å². The lowest BCUT2D eigenvalue weighted by molar-refractivity contribution is -0.149. The van der Waals surface area contributed by atoms with Gasteiger partial charge in [-0.1, -0.05) is 32.8 Å². The van der Waals surface area contributed by atoms with E-state index in [1.807, 2.05) is 13.8 Å². The number of rotatable bonds is 11. The second-order valence-electron chi connectivity index (χ2n) is 4.81. The van der Waals surface area contributed by atoms with Gasteiger partial charge in [0, 0.05) is 6.42 Å². The SMILES string of the molecule is C=CC(N)(CCC(=O)OCCCC)C(=O)OCCCC. The van der Waals surface area contributed by atoms with Crippen LogP contribution < -0.4 is 5.73 Å². The summed E-state index contributed by atoms with van der Waals surface area (Å²) in [5, 5.41) is 0. The van der Waals surface area contributed by atoms with E-state index < -0.39 is 11.5 Å². The van der Waals surface area contributed by atoms with Crippen molar-refractivity contribution in [1.29, 1.82) is 0 Å². The maximum atomic E-state index is 11.9. The lowest BCUT2D eigenvalue weighted by atomic mass is 9.95. The zero-order chi connectivity index (χ0) is 15.4. The van der Waals surface area contributed by atoms with E-state index >= 15 is 0 Å². The first-order valence-corrected chi connectivity index (χ1v) is 7.25. The minimum absolute atomic E-state index is 0.0785. The molecule has 2 N–H and O–H groups in total. The zero-order valence-corrected chi connectivity index (χ0v) is 12.7. The molecule has 0 aliphatic heterocycles. The van der Waals surface area contributed by atoms with Gasteiger partial charge in [0.05, 0.1) is 13.2 Å². The Balaban J connectivity index is 4.18. The van der Waals surface area contributed by atoms with Crippen LogP contribution in [-0.2, 0) is 19.1 Å². The van der Waals surface area contributed by atoms with Crippen LogP contribution in [0.4, 0.5) is 0 Å². The van der Waals surface area contributed by atoms with Gasteiger partial charge >= 0.3 is 11.9 Å². The van der Waals surface area contributed by atoms with Crippen LogP contribution in [0.1, 0.15) is 52.4 Å². The fourth-order valence-electron chi connectivity index (χ4n) is 1.44. The topological polar surface area (TPSA) is 78.6 Å². The maximum absolute atomic E-state index is 11.9. The highest BCUT2D eigenvalue weighted by Gasteiger charge is 2.33. The first-order chi connectivity index (χ1) is 9.50. The van der Waals surface area contributed by atoms with E-state index in [4.69, 9.17) is 15.2 Å². The minimum atomic E-state index is -1.32. The number of hydrogen-bond acceptors (Lipinski definition) is 5. The molecule has 5 heteroatoms. The third kappa shape index (κ3) is 7.28. The van der Waals surface area contributed by atoms with E-state index in [1.54, 1.807) is 0 Å². The van der Waals surface area contributed by atoms with E-state index in [0.717, 1.165) is 25.7 Å². The molecule has 0 saturated heterocycles. The van der Waals surface area contributed by atoms with E-state index in [2.05, 4.69) is 6.58 Å². The maximum Gasteiger partial charge on any atom is 0.330 e. The molecule has 0 heterocycles. The van der Waals surface area contributed by atoms with Crippen LogP contribution in [0.5, 0.6) is 0 Å². The molecule has 20 heavy (non-hydrogen) atoms. The molecule has 0 radical (unpaired) electrons. The van der Waals surface area contributed by atoms with Crippen molar-refractivity contribution in [1.82, 2.24) is 0 Å². The number of ether oxygens (including phenoxy) is 2. The van der Waals surface area contributed by atoms with Gasteiger partial charge in [-0.2, -0.15) is 0 Å². The van der Waals surface area contributed by atoms with Crippen molar-refractivity contribution < 1.29 is 19.1 Å². The molecule has 0 rings (SSSR count). The van der Waals surface area contributed by atoms with Gasteiger partial charge in [-0.05, 0) is 19.3 Å². The number of esters is 2. The third-order valence-corrected chi connectivity index (χ3v) is 2.98. The Morgan fingerprint density at radius 3 is 2.20 bits per heavy atom. The van der Waals surface area contributed by atoms with Crippen LogP contribution in [0.3, 0.4) is 0 Å². The smallest absolute Gasteiger partial charge is 0.330 e. The Labute approximate surface area is 121 Å². The van der Waals surface area contributed by atoms with Gasteiger partial charge in [-0.3, -0.25) is 4.79 Å². The average molecular weight is 285 g/mol. The molecule has 0 bridgehead atoms. The molecule has 0 fully saturated rings. The summed E-state index contributed by atoms with van der Waals surface area (Å²) in [6.45, 7) is 8.32. The Bertz CT molecular complexity index is 317.